The normalized spacial score (nSPS) is 31.4. The molecule has 1 aliphatic rings. The fraction of sp³-hybridized carbons (Fsp3) is 0.812. The van der Waals surface area contributed by atoms with E-state index in [0.717, 1.165) is 25.5 Å². The van der Waals surface area contributed by atoms with Crippen molar-refractivity contribution >= 4 is 18.0 Å². The Morgan fingerprint density at radius 2 is 2.00 bits per heavy atom. The van der Waals surface area contributed by atoms with Crippen molar-refractivity contribution in [2.45, 2.75) is 46.5 Å². The fourth-order valence-electron chi connectivity index (χ4n) is 3.55. The van der Waals surface area contributed by atoms with Crippen molar-refractivity contribution in [2.75, 3.05) is 7.11 Å². The predicted octanol–water partition coefficient (Wildman–Crippen LogP) is 2.64. The van der Waals surface area contributed by atoms with Gasteiger partial charge in [-0.2, -0.15) is 0 Å². The minimum atomic E-state index is -0.262. The van der Waals surface area contributed by atoms with Crippen molar-refractivity contribution < 1.29 is 19.1 Å². The lowest BCUT2D eigenvalue weighted by atomic mass is 9.63. The molecule has 0 N–H and O–H groups in total. The minimum Gasteiger partial charge on any atom is -0.469 e. The van der Waals surface area contributed by atoms with Crippen LogP contribution in [0.25, 0.3) is 0 Å². The highest BCUT2D eigenvalue weighted by Gasteiger charge is 2.41. The Bertz CT molecular complexity index is 363. The number of hydrogen-bond acceptors (Lipinski definition) is 4. The SMILES string of the molecule is COC(=O)[C@H](C)[C@@H]1CC[C@@H](C)[C@H](CCC(C)=O)[C@H]1C=O. The third-order valence-corrected chi connectivity index (χ3v) is 4.88. The monoisotopic (exact) mass is 282 g/mol. The molecule has 1 saturated carbocycles. The van der Waals surface area contributed by atoms with Gasteiger partial charge in [-0.05, 0) is 37.5 Å². The van der Waals surface area contributed by atoms with Crippen LogP contribution in [-0.2, 0) is 19.1 Å². The van der Waals surface area contributed by atoms with Crippen LogP contribution in [0.4, 0.5) is 0 Å². The summed E-state index contributed by atoms with van der Waals surface area (Å²) in [4.78, 5) is 34.5. The van der Waals surface area contributed by atoms with Gasteiger partial charge in [-0.3, -0.25) is 4.79 Å². The molecule has 114 valence electrons. The molecule has 0 heterocycles. The Kier molecular flexibility index (Phi) is 6.37. The van der Waals surface area contributed by atoms with Crippen LogP contribution in [0.1, 0.15) is 46.5 Å². The van der Waals surface area contributed by atoms with Gasteiger partial charge < -0.3 is 14.3 Å². The van der Waals surface area contributed by atoms with E-state index in [1.54, 1.807) is 6.92 Å². The van der Waals surface area contributed by atoms with Crippen molar-refractivity contribution in [2.24, 2.45) is 29.6 Å². The molecule has 0 radical (unpaired) electrons. The molecular formula is C16H26O4. The van der Waals surface area contributed by atoms with Gasteiger partial charge in [0, 0.05) is 12.3 Å². The molecule has 0 aliphatic heterocycles. The third-order valence-electron chi connectivity index (χ3n) is 4.88. The summed E-state index contributed by atoms with van der Waals surface area (Å²) in [6.07, 6.45) is 4.11. The van der Waals surface area contributed by atoms with Crippen LogP contribution in [0.3, 0.4) is 0 Å². The number of aldehydes is 1. The zero-order chi connectivity index (χ0) is 15.3. The molecule has 0 saturated heterocycles. The van der Waals surface area contributed by atoms with Crippen LogP contribution in [0.5, 0.6) is 0 Å². The zero-order valence-corrected chi connectivity index (χ0v) is 12.9. The predicted molar refractivity (Wildman–Crippen MR) is 76.0 cm³/mol. The first-order valence-electron chi connectivity index (χ1n) is 7.44. The number of carbonyl (C=O) groups is 3. The average Bonchev–Trinajstić information content (AvgIpc) is 2.43. The highest BCUT2D eigenvalue weighted by Crippen LogP contribution is 2.43. The summed E-state index contributed by atoms with van der Waals surface area (Å²) in [7, 11) is 1.38. The largest absolute Gasteiger partial charge is 0.469 e. The standard InChI is InChI=1S/C16H26O4/c1-10-5-7-14(12(3)16(19)20-4)15(9-17)13(10)8-6-11(2)18/h9-10,12-15H,5-8H2,1-4H3/t10-,12-,13+,14+,15-/m1/s1. The Morgan fingerprint density at radius 1 is 1.35 bits per heavy atom. The number of Topliss-reactive ketones (excluding diaryl/α,β-unsaturated/α-hetero) is 1. The lowest BCUT2D eigenvalue weighted by molar-refractivity contribution is -0.149. The number of hydrogen-bond donors (Lipinski definition) is 0. The number of esters is 1. The highest BCUT2D eigenvalue weighted by molar-refractivity contribution is 5.75. The van der Waals surface area contributed by atoms with Crippen LogP contribution in [0.15, 0.2) is 0 Å². The molecule has 1 rings (SSSR count). The molecule has 0 aromatic carbocycles. The van der Waals surface area contributed by atoms with Gasteiger partial charge in [0.15, 0.2) is 0 Å². The third kappa shape index (κ3) is 3.90. The Morgan fingerprint density at radius 3 is 2.50 bits per heavy atom. The van der Waals surface area contributed by atoms with E-state index in [4.69, 9.17) is 4.74 Å². The number of ether oxygens (including phenoxy) is 1. The van der Waals surface area contributed by atoms with Gasteiger partial charge in [0.25, 0.3) is 0 Å². The summed E-state index contributed by atoms with van der Waals surface area (Å²) in [5.74, 6) is 0.155. The summed E-state index contributed by atoms with van der Waals surface area (Å²) in [5, 5.41) is 0. The first-order valence-corrected chi connectivity index (χ1v) is 7.44. The van der Waals surface area contributed by atoms with Gasteiger partial charge in [-0.15, -0.1) is 0 Å². The maximum absolute atomic E-state index is 11.7. The van der Waals surface area contributed by atoms with Crippen molar-refractivity contribution in [1.82, 2.24) is 0 Å². The van der Waals surface area contributed by atoms with Gasteiger partial charge in [-0.1, -0.05) is 20.3 Å². The van der Waals surface area contributed by atoms with E-state index in [1.165, 1.54) is 7.11 Å². The summed E-state index contributed by atoms with van der Waals surface area (Å²) in [6, 6.07) is 0. The van der Waals surface area contributed by atoms with Crippen LogP contribution in [0.2, 0.25) is 0 Å². The second kappa shape index (κ2) is 7.55. The summed E-state index contributed by atoms with van der Waals surface area (Å²) in [5.41, 5.74) is 0. The van der Waals surface area contributed by atoms with Gasteiger partial charge >= 0.3 is 5.97 Å². The second-order valence-electron chi connectivity index (χ2n) is 6.15. The van der Waals surface area contributed by atoms with E-state index >= 15 is 0 Å². The quantitative estimate of drug-likeness (QED) is 0.555. The van der Waals surface area contributed by atoms with Gasteiger partial charge in [0.1, 0.15) is 12.1 Å². The Balaban J connectivity index is 2.84. The van der Waals surface area contributed by atoms with Gasteiger partial charge in [-0.25, -0.2) is 0 Å². The molecule has 4 nitrogen and oxygen atoms in total. The molecule has 0 spiro atoms. The Labute approximate surface area is 121 Å². The molecule has 4 heteroatoms. The molecule has 0 bridgehead atoms. The molecule has 0 aromatic rings. The van der Waals surface area contributed by atoms with Crippen LogP contribution in [0, 0.1) is 29.6 Å². The van der Waals surface area contributed by atoms with Crippen molar-refractivity contribution in [1.29, 1.82) is 0 Å². The number of methoxy groups -OCH3 is 1. The fourth-order valence-corrected chi connectivity index (χ4v) is 3.55. The summed E-state index contributed by atoms with van der Waals surface area (Å²) >= 11 is 0. The zero-order valence-electron chi connectivity index (χ0n) is 12.9. The number of rotatable bonds is 6. The van der Waals surface area contributed by atoms with Gasteiger partial charge in [0.2, 0.25) is 0 Å². The van der Waals surface area contributed by atoms with Crippen molar-refractivity contribution in [3.63, 3.8) is 0 Å². The van der Waals surface area contributed by atoms with Crippen molar-refractivity contribution in [3.8, 4) is 0 Å². The topological polar surface area (TPSA) is 60.4 Å². The van der Waals surface area contributed by atoms with E-state index < -0.39 is 0 Å². The molecule has 0 unspecified atom stereocenters. The van der Waals surface area contributed by atoms with E-state index in [2.05, 4.69) is 6.92 Å². The van der Waals surface area contributed by atoms with Crippen molar-refractivity contribution in [3.05, 3.63) is 0 Å². The molecule has 20 heavy (non-hydrogen) atoms. The molecule has 1 fully saturated rings. The smallest absolute Gasteiger partial charge is 0.308 e. The molecule has 1 aliphatic carbocycles. The van der Waals surface area contributed by atoms with Crippen LogP contribution < -0.4 is 0 Å². The first-order chi connectivity index (χ1) is 9.42. The molecule has 5 atom stereocenters. The van der Waals surface area contributed by atoms with E-state index in [1.807, 2.05) is 6.92 Å². The number of ketones is 1. The lowest BCUT2D eigenvalue weighted by Gasteiger charge is -2.41. The maximum Gasteiger partial charge on any atom is 0.308 e. The maximum atomic E-state index is 11.7. The molecule has 0 aromatic heterocycles. The van der Waals surface area contributed by atoms with Crippen LogP contribution in [-0.4, -0.2) is 25.1 Å². The number of carbonyl (C=O) groups excluding carboxylic acids is 3. The average molecular weight is 282 g/mol. The van der Waals surface area contributed by atoms with Crippen LogP contribution >= 0.6 is 0 Å². The lowest BCUT2D eigenvalue weighted by Crippen LogP contribution is -2.40. The van der Waals surface area contributed by atoms with E-state index in [9.17, 15) is 14.4 Å². The molecular weight excluding hydrogens is 256 g/mol. The summed E-state index contributed by atoms with van der Waals surface area (Å²) in [6.45, 7) is 5.56. The first kappa shape index (κ1) is 16.9. The summed E-state index contributed by atoms with van der Waals surface area (Å²) < 4.78 is 4.81. The van der Waals surface area contributed by atoms with E-state index in [-0.39, 0.29) is 35.4 Å². The van der Waals surface area contributed by atoms with Gasteiger partial charge in [0.05, 0.1) is 13.0 Å². The second-order valence-corrected chi connectivity index (χ2v) is 6.15. The molecule has 0 amide bonds. The highest BCUT2D eigenvalue weighted by atomic mass is 16.5. The van der Waals surface area contributed by atoms with E-state index in [0.29, 0.717) is 12.3 Å². The Hall–Kier alpha value is -1.19. The minimum absolute atomic E-state index is 0.0353.